The number of halogens is 1. The SMILES string of the molecule is Cc1nc2nc(N)n(-c3ccc(F)cc3)c2c(=O)[nH]1. The third-order valence-corrected chi connectivity index (χ3v) is 2.75. The normalized spacial score (nSPS) is 11.1. The number of rotatable bonds is 1. The van der Waals surface area contributed by atoms with Crippen LogP contribution >= 0.6 is 0 Å². The number of nitrogen functional groups attached to an aromatic ring is 1. The lowest BCUT2D eigenvalue weighted by Crippen LogP contribution is -2.13. The van der Waals surface area contributed by atoms with E-state index >= 15 is 0 Å². The number of aromatic amines is 1. The number of aromatic nitrogens is 4. The second-order valence-electron chi connectivity index (χ2n) is 4.11. The zero-order chi connectivity index (χ0) is 13.6. The Hall–Kier alpha value is -2.70. The molecule has 0 aliphatic carbocycles. The summed E-state index contributed by atoms with van der Waals surface area (Å²) in [6.07, 6.45) is 0. The summed E-state index contributed by atoms with van der Waals surface area (Å²) in [7, 11) is 0. The van der Waals surface area contributed by atoms with Gasteiger partial charge in [0.05, 0.1) is 0 Å². The van der Waals surface area contributed by atoms with E-state index in [1.165, 1.54) is 28.8 Å². The second-order valence-corrected chi connectivity index (χ2v) is 4.11. The number of fused-ring (bicyclic) bond motifs is 1. The molecule has 0 atom stereocenters. The molecule has 3 rings (SSSR count). The van der Waals surface area contributed by atoms with Gasteiger partial charge in [0.25, 0.3) is 5.56 Å². The highest BCUT2D eigenvalue weighted by atomic mass is 19.1. The summed E-state index contributed by atoms with van der Waals surface area (Å²) in [5, 5.41) is 0. The standard InChI is InChI=1S/C12H10FN5O/c1-6-15-10-9(11(19)16-6)18(12(14)17-10)8-4-2-7(13)3-5-8/h2-5H,1H3,(H3,14,15,16,17,19). The van der Waals surface area contributed by atoms with E-state index in [2.05, 4.69) is 15.0 Å². The van der Waals surface area contributed by atoms with Crippen LogP contribution in [0, 0.1) is 12.7 Å². The Morgan fingerprint density at radius 3 is 2.63 bits per heavy atom. The Bertz CT molecular complexity index is 818. The van der Waals surface area contributed by atoms with Crippen LogP contribution in [0.4, 0.5) is 10.3 Å². The molecular weight excluding hydrogens is 249 g/mol. The fourth-order valence-corrected chi connectivity index (χ4v) is 1.97. The monoisotopic (exact) mass is 259 g/mol. The Morgan fingerprint density at radius 1 is 1.26 bits per heavy atom. The smallest absolute Gasteiger partial charge is 0.277 e. The fourth-order valence-electron chi connectivity index (χ4n) is 1.97. The molecule has 6 nitrogen and oxygen atoms in total. The van der Waals surface area contributed by atoms with Gasteiger partial charge in [0.15, 0.2) is 11.2 Å². The predicted octanol–water partition coefficient (Wildman–Crippen LogP) is 1.14. The molecule has 0 saturated carbocycles. The number of benzene rings is 1. The van der Waals surface area contributed by atoms with E-state index in [-0.39, 0.29) is 28.5 Å². The molecule has 0 unspecified atom stereocenters. The molecule has 0 radical (unpaired) electrons. The lowest BCUT2D eigenvalue weighted by Gasteiger charge is -2.05. The molecular formula is C12H10FN5O. The van der Waals surface area contributed by atoms with Crippen LogP contribution < -0.4 is 11.3 Å². The summed E-state index contributed by atoms with van der Waals surface area (Å²) in [5.41, 5.74) is 6.54. The highest BCUT2D eigenvalue weighted by Crippen LogP contribution is 2.19. The van der Waals surface area contributed by atoms with E-state index in [1.54, 1.807) is 6.92 Å². The average molecular weight is 259 g/mol. The van der Waals surface area contributed by atoms with Crippen molar-refractivity contribution < 1.29 is 4.39 Å². The molecule has 3 N–H and O–H groups in total. The summed E-state index contributed by atoms with van der Waals surface area (Å²) in [5.74, 6) is 0.223. The third-order valence-electron chi connectivity index (χ3n) is 2.75. The zero-order valence-corrected chi connectivity index (χ0v) is 10.0. The number of aryl methyl sites for hydroxylation is 1. The van der Waals surface area contributed by atoms with Gasteiger partial charge >= 0.3 is 0 Å². The van der Waals surface area contributed by atoms with Crippen molar-refractivity contribution >= 4 is 17.1 Å². The van der Waals surface area contributed by atoms with Crippen molar-refractivity contribution in [2.24, 2.45) is 0 Å². The van der Waals surface area contributed by atoms with Crippen LogP contribution in [0.25, 0.3) is 16.9 Å². The number of hydrogen-bond donors (Lipinski definition) is 2. The van der Waals surface area contributed by atoms with Crippen LogP contribution in [0.1, 0.15) is 5.82 Å². The Kier molecular flexibility index (Phi) is 2.34. The summed E-state index contributed by atoms with van der Waals surface area (Å²) in [6.45, 7) is 1.66. The predicted molar refractivity (Wildman–Crippen MR) is 68.6 cm³/mol. The van der Waals surface area contributed by atoms with Gasteiger partial charge in [-0.05, 0) is 31.2 Å². The summed E-state index contributed by atoms with van der Waals surface area (Å²) < 4.78 is 14.4. The van der Waals surface area contributed by atoms with Crippen LogP contribution in [0.5, 0.6) is 0 Å². The Balaban J connectivity index is 2.38. The highest BCUT2D eigenvalue weighted by Gasteiger charge is 2.14. The van der Waals surface area contributed by atoms with Crippen molar-refractivity contribution in [3.05, 3.63) is 46.3 Å². The fraction of sp³-hybridized carbons (Fsp3) is 0.0833. The molecule has 0 fully saturated rings. The van der Waals surface area contributed by atoms with Crippen LogP contribution in [0.2, 0.25) is 0 Å². The van der Waals surface area contributed by atoms with Crippen molar-refractivity contribution in [2.45, 2.75) is 6.92 Å². The van der Waals surface area contributed by atoms with Gasteiger partial charge in [-0.15, -0.1) is 0 Å². The van der Waals surface area contributed by atoms with Gasteiger partial charge < -0.3 is 10.7 Å². The van der Waals surface area contributed by atoms with Crippen LogP contribution in [0.3, 0.4) is 0 Å². The minimum Gasteiger partial charge on any atom is -0.369 e. The number of anilines is 1. The molecule has 0 aliphatic rings. The molecule has 0 spiro atoms. The van der Waals surface area contributed by atoms with E-state index in [0.29, 0.717) is 11.5 Å². The Labute approximate surface area is 106 Å². The van der Waals surface area contributed by atoms with E-state index in [0.717, 1.165) is 0 Å². The van der Waals surface area contributed by atoms with Crippen LogP contribution in [-0.4, -0.2) is 19.5 Å². The lowest BCUT2D eigenvalue weighted by molar-refractivity contribution is 0.627. The number of hydrogen-bond acceptors (Lipinski definition) is 4. The third kappa shape index (κ3) is 1.75. The maximum atomic E-state index is 12.9. The number of nitrogens with zero attached hydrogens (tertiary/aromatic N) is 3. The van der Waals surface area contributed by atoms with Crippen molar-refractivity contribution in [3.63, 3.8) is 0 Å². The van der Waals surface area contributed by atoms with Gasteiger partial charge in [0, 0.05) is 5.69 Å². The average Bonchev–Trinajstić information content (AvgIpc) is 2.66. The first-order chi connectivity index (χ1) is 9.06. The number of imidazole rings is 1. The van der Waals surface area contributed by atoms with E-state index in [4.69, 9.17) is 5.73 Å². The molecule has 0 saturated heterocycles. The van der Waals surface area contributed by atoms with Crippen molar-refractivity contribution in [1.82, 2.24) is 19.5 Å². The maximum Gasteiger partial charge on any atom is 0.277 e. The molecule has 3 aromatic rings. The van der Waals surface area contributed by atoms with Crippen LogP contribution in [0.15, 0.2) is 29.1 Å². The quantitative estimate of drug-likeness (QED) is 0.685. The van der Waals surface area contributed by atoms with E-state index in [9.17, 15) is 9.18 Å². The summed E-state index contributed by atoms with van der Waals surface area (Å²) >= 11 is 0. The first-order valence-electron chi connectivity index (χ1n) is 5.57. The largest absolute Gasteiger partial charge is 0.369 e. The van der Waals surface area contributed by atoms with Crippen LogP contribution in [-0.2, 0) is 0 Å². The van der Waals surface area contributed by atoms with Crippen molar-refractivity contribution in [1.29, 1.82) is 0 Å². The number of nitrogens with one attached hydrogen (secondary N) is 1. The number of nitrogens with two attached hydrogens (primary N) is 1. The molecule has 0 amide bonds. The van der Waals surface area contributed by atoms with E-state index < -0.39 is 0 Å². The van der Waals surface area contributed by atoms with Gasteiger partial charge in [-0.25, -0.2) is 9.37 Å². The molecule has 96 valence electrons. The first-order valence-corrected chi connectivity index (χ1v) is 5.57. The summed E-state index contributed by atoms with van der Waals surface area (Å²) in [4.78, 5) is 22.7. The molecule has 19 heavy (non-hydrogen) atoms. The molecule has 0 bridgehead atoms. The van der Waals surface area contributed by atoms with Crippen molar-refractivity contribution in [3.8, 4) is 5.69 Å². The van der Waals surface area contributed by atoms with E-state index in [1.807, 2.05) is 0 Å². The molecule has 2 aromatic heterocycles. The zero-order valence-electron chi connectivity index (χ0n) is 10.0. The highest BCUT2D eigenvalue weighted by molar-refractivity contribution is 5.76. The maximum absolute atomic E-state index is 12.9. The van der Waals surface area contributed by atoms with Gasteiger partial charge in [-0.2, -0.15) is 4.98 Å². The minimum absolute atomic E-state index is 0.130. The molecule has 7 heteroatoms. The van der Waals surface area contributed by atoms with Gasteiger partial charge in [0.1, 0.15) is 11.6 Å². The minimum atomic E-state index is -0.366. The van der Waals surface area contributed by atoms with Crippen molar-refractivity contribution in [2.75, 3.05) is 5.73 Å². The lowest BCUT2D eigenvalue weighted by atomic mass is 10.3. The van der Waals surface area contributed by atoms with Gasteiger partial charge in [0.2, 0.25) is 5.95 Å². The molecule has 2 heterocycles. The molecule has 1 aromatic carbocycles. The first kappa shape index (κ1) is 11.4. The topological polar surface area (TPSA) is 89.6 Å². The number of H-pyrrole nitrogens is 1. The summed E-state index contributed by atoms with van der Waals surface area (Å²) in [6, 6.07) is 5.62. The second kappa shape index (κ2) is 3.91. The Morgan fingerprint density at radius 2 is 1.95 bits per heavy atom. The van der Waals surface area contributed by atoms with Gasteiger partial charge in [-0.1, -0.05) is 0 Å². The van der Waals surface area contributed by atoms with Gasteiger partial charge in [-0.3, -0.25) is 9.36 Å². The molecule has 0 aliphatic heterocycles.